The monoisotopic (exact) mass is 437 g/mol. The molecule has 162 valence electrons. The number of Topliss-reactive ketones (excluding diaryl/α,β-unsaturated/α-hetero) is 1. The van der Waals surface area contributed by atoms with Crippen molar-refractivity contribution in [3.05, 3.63) is 59.5 Å². The largest absolute Gasteiger partial charge is 0.458 e. The number of aromatic nitrogens is 2. The van der Waals surface area contributed by atoms with E-state index in [4.69, 9.17) is 4.74 Å². The Morgan fingerprint density at radius 1 is 1.23 bits per heavy atom. The Morgan fingerprint density at radius 3 is 2.68 bits per heavy atom. The molecule has 2 aromatic heterocycles. The maximum absolute atomic E-state index is 13.8. The van der Waals surface area contributed by atoms with Crippen LogP contribution in [-0.2, 0) is 9.53 Å². The first-order valence-corrected chi connectivity index (χ1v) is 11.3. The van der Waals surface area contributed by atoms with E-state index in [0.717, 1.165) is 27.8 Å². The first-order valence-electron chi connectivity index (χ1n) is 10.3. The second kappa shape index (κ2) is 8.04. The number of aryl methyl sites for hydroxylation is 2. The molecule has 1 aliphatic heterocycles. The number of hydrogen-bond acceptors (Lipinski definition) is 6. The van der Waals surface area contributed by atoms with Gasteiger partial charge in [0, 0.05) is 34.1 Å². The molecule has 1 aromatic carbocycles. The second-order valence-electron chi connectivity index (χ2n) is 8.96. The molecule has 0 spiro atoms. The van der Waals surface area contributed by atoms with Crippen molar-refractivity contribution >= 4 is 40.3 Å². The molecule has 31 heavy (non-hydrogen) atoms. The van der Waals surface area contributed by atoms with E-state index in [9.17, 15) is 9.59 Å². The number of ether oxygens (including phenoxy) is 1. The van der Waals surface area contributed by atoms with Gasteiger partial charge >= 0.3 is 5.97 Å². The first kappa shape index (κ1) is 21.4. The van der Waals surface area contributed by atoms with E-state index < -0.39 is 23.5 Å². The third kappa shape index (κ3) is 4.19. The number of H-pyrrole nitrogens is 1. The molecule has 3 heterocycles. The third-order valence-electron chi connectivity index (χ3n) is 5.30. The van der Waals surface area contributed by atoms with E-state index in [2.05, 4.69) is 9.97 Å². The van der Waals surface area contributed by atoms with Crippen LogP contribution in [0.4, 0.5) is 5.69 Å². The summed E-state index contributed by atoms with van der Waals surface area (Å²) in [6.07, 6.45) is 3.39. The SMILES string of the molecule is Cc1ccc2[nH]c(C)c(C(=O)C3CSN(c4cccnc4)C3C(=O)OC(C)(C)C)c2c1. The molecule has 3 aromatic rings. The summed E-state index contributed by atoms with van der Waals surface area (Å²) in [5.74, 6) is -0.467. The van der Waals surface area contributed by atoms with Crippen LogP contribution in [0.25, 0.3) is 10.9 Å². The van der Waals surface area contributed by atoms with Gasteiger partial charge in [-0.1, -0.05) is 11.6 Å². The van der Waals surface area contributed by atoms with Gasteiger partial charge in [-0.15, -0.1) is 0 Å². The van der Waals surface area contributed by atoms with Gasteiger partial charge in [0.25, 0.3) is 0 Å². The van der Waals surface area contributed by atoms with Crippen molar-refractivity contribution in [1.82, 2.24) is 9.97 Å². The van der Waals surface area contributed by atoms with E-state index in [0.29, 0.717) is 11.3 Å². The maximum Gasteiger partial charge on any atom is 0.331 e. The fraction of sp³-hybridized carbons (Fsp3) is 0.375. The molecular formula is C24H27N3O3S. The quantitative estimate of drug-likeness (QED) is 0.357. The Hall–Kier alpha value is -2.80. The molecule has 2 unspecified atom stereocenters. The van der Waals surface area contributed by atoms with E-state index in [-0.39, 0.29) is 5.78 Å². The normalized spacial score (nSPS) is 19.1. The van der Waals surface area contributed by atoms with Crippen molar-refractivity contribution in [2.75, 3.05) is 10.1 Å². The van der Waals surface area contributed by atoms with Crippen molar-refractivity contribution in [1.29, 1.82) is 0 Å². The standard InChI is InChI=1S/C24H27N3O3S/c1-14-8-9-19-17(11-14)20(15(2)26-19)22(28)18-13-31-27(16-7-6-10-25-12-16)21(18)23(29)30-24(3,4)5/h6-12,18,21,26H,13H2,1-5H3. The Morgan fingerprint density at radius 2 is 2.00 bits per heavy atom. The number of fused-ring (bicyclic) bond motifs is 1. The predicted molar refractivity (Wildman–Crippen MR) is 124 cm³/mol. The Bertz CT molecular complexity index is 1130. The molecule has 0 aliphatic carbocycles. The summed E-state index contributed by atoms with van der Waals surface area (Å²) in [4.78, 5) is 34.6. The molecule has 2 atom stereocenters. The average molecular weight is 438 g/mol. The zero-order valence-electron chi connectivity index (χ0n) is 18.4. The molecule has 4 rings (SSSR count). The minimum absolute atomic E-state index is 0.0379. The zero-order valence-corrected chi connectivity index (χ0v) is 19.2. The van der Waals surface area contributed by atoms with E-state index in [1.165, 1.54) is 11.9 Å². The van der Waals surface area contributed by atoms with Crippen molar-refractivity contribution in [2.45, 2.75) is 46.3 Å². The van der Waals surface area contributed by atoms with Gasteiger partial charge in [0.1, 0.15) is 11.6 Å². The lowest BCUT2D eigenvalue weighted by Gasteiger charge is -2.29. The third-order valence-corrected chi connectivity index (χ3v) is 6.52. The van der Waals surface area contributed by atoms with Crippen LogP contribution in [-0.4, -0.2) is 39.1 Å². The summed E-state index contributed by atoms with van der Waals surface area (Å²) in [6, 6.07) is 9.02. The molecule has 6 nitrogen and oxygen atoms in total. The topological polar surface area (TPSA) is 75.3 Å². The number of hydrogen-bond donors (Lipinski definition) is 1. The van der Waals surface area contributed by atoms with Crippen LogP contribution in [0.1, 0.15) is 42.4 Å². The summed E-state index contributed by atoms with van der Waals surface area (Å²) >= 11 is 1.47. The number of esters is 1. The number of carbonyl (C=O) groups is 2. The minimum Gasteiger partial charge on any atom is -0.458 e. The van der Waals surface area contributed by atoms with Crippen LogP contribution in [0.3, 0.4) is 0 Å². The number of aromatic amines is 1. The summed E-state index contributed by atoms with van der Waals surface area (Å²) < 4.78 is 7.61. The number of benzene rings is 1. The second-order valence-corrected chi connectivity index (χ2v) is 9.94. The fourth-order valence-electron chi connectivity index (χ4n) is 4.00. The Kier molecular flexibility index (Phi) is 5.56. The Balaban J connectivity index is 1.76. The van der Waals surface area contributed by atoms with Crippen LogP contribution >= 0.6 is 11.9 Å². The highest BCUT2D eigenvalue weighted by atomic mass is 32.2. The number of anilines is 1. The molecule has 0 bridgehead atoms. The van der Waals surface area contributed by atoms with Gasteiger partial charge in [0.2, 0.25) is 0 Å². The smallest absolute Gasteiger partial charge is 0.331 e. The highest BCUT2D eigenvalue weighted by Gasteiger charge is 2.47. The van der Waals surface area contributed by atoms with Gasteiger partial charge in [0.05, 0.1) is 17.8 Å². The summed E-state index contributed by atoms with van der Waals surface area (Å²) in [5, 5.41) is 0.898. The number of carbonyl (C=O) groups excluding carboxylic acids is 2. The maximum atomic E-state index is 13.8. The number of nitrogens with zero attached hydrogens (tertiary/aromatic N) is 2. The van der Waals surface area contributed by atoms with Gasteiger partial charge in [0.15, 0.2) is 5.78 Å². The number of nitrogens with one attached hydrogen (secondary N) is 1. The van der Waals surface area contributed by atoms with Crippen LogP contribution in [0, 0.1) is 19.8 Å². The van der Waals surface area contributed by atoms with Crippen molar-refractivity contribution in [3.63, 3.8) is 0 Å². The fourth-order valence-corrected chi connectivity index (χ4v) is 5.30. The van der Waals surface area contributed by atoms with Gasteiger partial charge < -0.3 is 9.72 Å². The molecular weight excluding hydrogens is 410 g/mol. The molecule has 0 radical (unpaired) electrons. The van der Waals surface area contributed by atoms with Gasteiger partial charge in [-0.25, -0.2) is 4.79 Å². The van der Waals surface area contributed by atoms with Crippen LogP contribution < -0.4 is 4.31 Å². The van der Waals surface area contributed by atoms with Gasteiger partial charge in [-0.05, 0) is 70.8 Å². The van der Waals surface area contributed by atoms with Gasteiger partial charge in [-0.3, -0.25) is 14.1 Å². The molecule has 0 saturated carbocycles. The first-order chi connectivity index (χ1) is 14.7. The lowest BCUT2D eigenvalue weighted by atomic mass is 9.90. The predicted octanol–water partition coefficient (Wildman–Crippen LogP) is 4.86. The Labute approximate surface area is 186 Å². The molecule has 1 aliphatic rings. The van der Waals surface area contributed by atoms with Crippen molar-refractivity contribution in [3.8, 4) is 0 Å². The summed E-state index contributed by atoms with van der Waals surface area (Å²) in [5.41, 5.74) is 3.62. The van der Waals surface area contributed by atoms with Gasteiger partial charge in [-0.2, -0.15) is 0 Å². The molecule has 0 amide bonds. The lowest BCUT2D eigenvalue weighted by Crippen LogP contribution is -2.44. The van der Waals surface area contributed by atoms with E-state index >= 15 is 0 Å². The van der Waals surface area contributed by atoms with E-state index in [1.807, 2.05) is 69.3 Å². The van der Waals surface area contributed by atoms with Crippen molar-refractivity contribution < 1.29 is 14.3 Å². The van der Waals surface area contributed by atoms with Crippen LogP contribution in [0.5, 0.6) is 0 Å². The van der Waals surface area contributed by atoms with Crippen LogP contribution in [0.15, 0.2) is 42.7 Å². The number of pyridine rings is 1. The number of ketones is 1. The molecule has 1 fully saturated rings. The van der Waals surface area contributed by atoms with E-state index in [1.54, 1.807) is 12.4 Å². The highest BCUT2D eigenvalue weighted by Crippen LogP contribution is 2.40. The lowest BCUT2D eigenvalue weighted by molar-refractivity contribution is -0.156. The average Bonchev–Trinajstić information content (AvgIpc) is 3.27. The summed E-state index contributed by atoms with van der Waals surface area (Å²) in [6.45, 7) is 9.43. The molecule has 1 saturated heterocycles. The number of rotatable bonds is 4. The highest BCUT2D eigenvalue weighted by molar-refractivity contribution is 8.01. The zero-order chi connectivity index (χ0) is 22.3. The van der Waals surface area contributed by atoms with Crippen molar-refractivity contribution in [2.24, 2.45) is 5.92 Å². The summed E-state index contributed by atoms with van der Waals surface area (Å²) in [7, 11) is 0. The molecule has 7 heteroatoms. The molecule has 1 N–H and O–H groups in total. The minimum atomic E-state index is -0.727. The van der Waals surface area contributed by atoms with Crippen LogP contribution in [0.2, 0.25) is 0 Å².